The van der Waals surface area contributed by atoms with Gasteiger partial charge in [-0.3, -0.25) is 0 Å². The number of hydrogen-bond acceptors (Lipinski definition) is 3. The van der Waals surface area contributed by atoms with E-state index in [0.717, 1.165) is 15.9 Å². The predicted molar refractivity (Wildman–Crippen MR) is 58.6 cm³/mol. The molecule has 0 spiro atoms. The molecule has 1 heterocycles. The van der Waals surface area contributed by atoms with Crippen molar-refractivity contribution in [1.29, 1.82) is 0 Å². The third-order valence-electron chi connectivity index (χ3n) is 1.77. The van der Waals surface area contributed by atoms with Crippen molar-refractivity contribution < 1.29 is 4.52 Å². The molecule has 0 bridgehead atoms. The Labute approximate surface area is 94.3 Å². The molecule has 14 heavy (non-hydrogen) atoms. The predicted octanol–water partition coefficient (Wildman–Crippen LogP) is 3.09. The molecule has 0 radical (unpaired) electrons. The molecule has 1 aromatic carbocycles. The molecule has 2 aromatic rings. The summed E-state index contributed by atoms with van der Waals surface area (Å²) in [6.45, 7) is 0. The molecule has 0 fully saturated rings. The molecule has 72 valence electrons. The number of aromatic amines is 1. The molecule has 0 aliphatic carbocycles. The van der Waals surface area contributed by atoms with E-state index in [4.69, 9.17) is 16.7 Å². The van der Waals surface area contributed by atoms with Gasteiger partial charge in [0.2, 0.25) is 0 Å². The molecule has 2 rings (SSSR count). The van der Waals surface area contributed by atoms with E-state index in [9.17, 15) is 0 Å². The molecule has 0 saturated heterocycles. The van der Waals surface area contributed by atoms with Crippen molar-refractivity contribution in [3.63, 3.8) is 0 Å². The maximum atomic E-state index is 4.83. The van der Waals surface area contributed by atoms with Crippen molar-refractivity contribution in [2.45, 2.75) is 6.42 Å². The van der Waals surface area contributed by atoms with Crippen LogP contribution in [-0.2, 0) is 6.42 Å². The highest BCUT2D eigenvalue weighted by Gasteiger charge is 1.99. The Hall–Kier alpha value is -0.940. The number of H-pyrrole nitrogens is 1. The largest absolute Gasteiger partial charge is 0.348 e. The average molecular weight is 271 g/mol. The van der Waals surface area contributed by atoms with Crippen molar-refractivity contribution in [3.05, 3.63) is 45.0 Å². The third-order valence-corrected chi connectivity index (χ3v) is 2.47. The second-order valence-electron chi connectivity index (χ2n) is 2.83. The van der Waals surface area contributed by atoms with E-state index in [2.05, 4.69) is 26.1 Å². The standard InChI is InChI=1S/C9H7BrN2OS/c10-7-3-1-6(2-4-7)5-8-11-9(14)13-12-8/h1-4H,5H2,(H,11,12,14). The van der Waals surface area contributed by atoms with Gasteiger partial charge in [-0.25, -0.2) is 5.16 Å². The summed E-state index contributed by atoms with van der Waals surface area (Å²) in [6.07, 6.45) is 0.702. The summed E-state index contributed by atoms with van der Waals surface area (Å²) in [5.41, 5.74) is 1.16. The minimum atomic E-state index is 0.247. The average Bonchev–Trinajstić information content (AvgIpc) is 2.56. The van der Waals surface area contributed by atoms with Crippen LogP contribution in [0.25, 0.3) is 0 Å². The van der Waals surface area contributed by atoms with Gasteiger partial charge in [-0.2, -0.15) is 4.98 Å². The molecule has 1 aromatic heterocycles. The Morgan fingerprint density at radius 1 is 1.36 bits per heavy atom. The molecule has 0 aliphatic rings. The summed E-state index contributed by atoms with van der Waals surface area (Å²) in [4.78, 5) is 4.26. The van der Waals surface area contributed by atoms with Crippen molar-refractivity contribution in [1.82, 2.24) is 10.1 Å². The third kappa shape index (κ3) is 2.30. The van der Waals surface area contributed by atoms with Gasteiger partial charge in [0.25, 0.3) is 0 Å². The van der Waals surface area contributed by atoms with Crippen LogP contribution in [0.15, 0.2) is 33.3 Å². The normalized spacial score (nSPS) is 10.4. The van der Waals surface area contributed by atoms with E-state index in [1.807, 2.05) is 24.3 Å². The number of rotatable bonds is 2. The second kappa shape index (κ2) is 4.06. The Morgan fingerprint density at radius 3 is 2.64 bits per heavy atom. The number of hydrogen-bond donors (Lipinski definition) is 1. The van der Waals surface area contributed by atoms with Crippen LogP contribution in [0, 0.1) is 4.84 Å². The van der Waals surface area contributed by atoms with Crippen LogP contribution in [-0.4, -0.2) is 10.1 Å². The van der Waals surface area contributed by atoms with E-state index in [-0.39, 0.29) is 4.84 Å². The molecular weight excluding hydrogens is 264 g/mol. The molecule has 0 unspecified atom stereocenters. The molecular formula is C9H7BrN2OS. The lowest BCUT2D eigenvalue weighted by molar-refractivity contribution is 0.399. The Kier molecular flexibility index (Phi) is 2.79. The molecule has 0 saturated carbocycles. The van der Waals surface area contributed by atoms with Crippen LogP contribution in [0.5, 0.6) is 0 Å². The fourth-order valence-electron chi connectivity index (χ4n) is 1.13. The summed E-state index contributed by atoms with van der Waals surface area (Å²) in [5.74, 6) is 0.748. The van der Waals surface area contributed by atoms with Gasteiger partial charge in [-0.1, -0.05) is 28.1 Å². The molecule has 5 heteroatoms. The van der Waals surface area contributed by atoms with E-state index < -0.39 is 0 Å². The zero-order chi connectivity index (χ0) is 9.97. The van der Waals surface area contributed by atoms with Gasteiger partial charge in [0, 0.05) is 10.9 Å². The molecule has 0 aliphatic heterocycles. The van der Waals surface area contributed by atoms with Gasteiger partial charge in [0.1, 0.15) is 5.82 Å². The SMILES string of the molecule is S=c1nc(Cc2ccc(Br)cc2)[nH]o1. The first kappa shape index (κ1) is 9.61. The van der Waals surface area contributed by atoms with Gasteiger partial charge in [0.15, 0.2) is 0 Å². The van der Waals surface area contributed by atoms with Crippen LogP contribution in [0.1, 0.15) is 11.4 Å². The topological polar surface area (TPSA) is 41.8 Å². The zero-order valence-electron chi connectivity index (χ0n) is 7.16. The van der Waals surface area contributed by atoms with Gasteiger partial charge in [-0.05, 0) is 29.9 Å². The van der Waals surface area contributed by atoms with Gasteiger partial charge in [-0.15, -0.1) is 0 Å². The minimum absolute atomic E-state index is 0.247. The summed E-state index contributed by atoms with van der Waals surface area (Å²) >= 11 is 8.13. The Bertz CT molecular complexity index is 474. The zero-order valence-corrected chi connectivity index (χ0v) is 9.56. The fraction of sp³-hybridized carbons (Fsp3) is 0.111. The van der Waals surface area contributed by atoms with E-state index in [1.165, 1.54) is 0 Å². The van der Waals surface area contributed by atoms with Crippen molar-refractivity contribution in [2.24, 2.45) is 0 Å². The lowest BCUT2D eigenvalue weighted by Gasteiger charge is -1.96. The highest BCUT2D eigenvalue weighted by Crippen LogP contribution is 2.12. The molecule has 0 atom stereocenters. The van der Waals surface area contributed by atoms with Crippen molar-refractivity contribution in [2.75, 3.05) is 0 Å². The first-order valence-corrected chi connectivity index (χ1v) is 5.23. The van der Waals surface area contributed by atoms with Crippen LogP contribution in [0.2, 0.25) is 0 Å². The van der Waals surface area contributed by atoms with Crippen LogP contribution >= 0.6 is 28.1 Å². The first-order valence-electron chi connectivity index (χ1n) is 4.03. The van der Waals surface area contributed by atoms with Crippen LogP contribution in [0.4, 0.5) is 0 Å². The number of benzene rings is 1. The second-order valence-corrected chi connectivity index (χ2v) is 4.10. The summed E-state index contributed by atoms with van der Waals surface area (Å²) in [6, 6.07) is 8.03. The molecule has 0 amide bonds. The quantitative estimate of drug-likeness (QED) is 0.853. The maximum absolute atomic E-state index is 4.83. The minimum Gasteiger partial charge on any atom is -0.348 e. The highest BCUT2D eigenvalue weighted by atomic mass is 79.9. The number of nitrogens with one attached hydrogen (secondary N) is 1. The van der Waals surface area contributed by atoms with Crippen molar-refractivity contribution in [3.8, 4) is 0 Å². The lowest BCUT2D eigenvalue weighted by atomic mass is 10.1. The van der Waals surface area contributed by atoms with Gasteiger partial charge in [0.05, 0.1) is 0 Å². The smallest absolute Gasteiger partial charge is 0.314 e. The molecule has 3 nitrogen and oxygen atoms in total. The summed E-state index contributed by atoms with van der Waals surface area (Å²) < 4.78 is 5.89. The van der Waals surface area contributed by atoms with Crippen LogP contribution in [0.3, 0.4) is 0 Å². The molecule has 1 N–H and O–H groups in total. The Morgan fingerprint density at radius 2 is 2.07 bits per heavy atom. The van der Waals surface area contributed by atoms with E-state index in [1.54, 1.807) is 0 Å². The maximum Gasteiger partial charge on any atom is 0.314 e. The number of halogens is 1. The number of nitrogens with zero attached hydrogens (tertiary/aromatic N) is 1. The fourth-order valence-corrected chi connectivity index (χ4v) is 1.55. The first-order chi connectivity index (χ1) is 6.74. The summed E-state index contributed by atoms with van der Waals surface area (Å²) in [5, 5.41) is 2.67. The summed E-state index contributed by atoms with van der Waals surface area (Å²) in [7, 11) is 0. The van der Waals surface area contributed by atoms with Crippen molar-refractivity contribution >= 4 is 28.1 Å². The Balaban J connectivity index is 2.19. The lowest BCUT2D eigenvalue weighted by Crippen LogP contribution is -1.89. The van der Waals surface area contributed by atoms with Gasteiger partial charge < -0.3 is 4.52 Å². The van der Waals surface area contributed by atoms with Gasteiger partial charge >= 0.3 is 4.84 Å². The highest BCUT2D eigenvalue weighted by molar-refractivity contribution is 9.10. The van der Waals surface area contributed by atoms with Crippen LogP contribution < -0.4 is 0 Å². The van der Waals surface area contributed by atoms with E-state index in [0.29, 0.717) is 6.42 Å². The number of aromatic nitrogens is 2. The van der Waals surface area contributed by atoms with E-state index >= 15 is 0 Å². The monoisotopic (exact) mass is 270 g/mol.